The number of rotatable bonds is 0. The van der Waals surface area contributed by atoms with Crippen molar-refractivity contribution in [3.63, 3.8) is 0 Å². The van der Waals surface area contributed by atoms with Crippen molar-refractivity contribution in [2.45, 2.75) is 6.18 Å². The number of hydrogen-bond acceptors (Lipinski definition) is 2. The van der Waals surface area contributed by atoms with Gasteiger partial charge < -0.3 is 0 Å². The van der Waals surface area contributed by atoms with Crippen molar-refractivity contribution in [2.24, 2.45) is 0 Å². The highest BCUT2D eigenvalue weighted by Crippen LogP contribution is 2.36. The standard InChI is InChI=1S/C9H2Cl3F3N2/c10-5-2-3(9(13,14)15)1-4-6(5)16-8(12)17-7(4)11/h1-2H. The SMILES string of the molecule is FC(F)(F)c1cc(Cl)c2nc(Cl)nc(Cl)c2c1. The van der Waals surface area contributed by atoms with Crippen molar-refractivity contribution in [2.75, 3.05) is 0 Å². The summed E-state index contributed by atoms with van der Waals surface area (Å²) in [6, 6.07) is 1.60. The molecule has 1 aromatic carbocycles. The van der Waals surface area contributed by atoms with Crippen LogP contribution in [-0.4, -0.2) is 9.97 Å². The number of aromatic nitrogens is 2. The van der Waals surface area contributed by atoms with Crippen molar-refractivity contribution < 1.29 is 13.2 Å². The van der Waals surface area contributed by atoms with E-state index in [0.29, 0.717) is 0 Å². The fourth-order valence-electron chi connectivity index (χ4n) is 1.29. The first kappa shape index (κ1) is 12.7. The molecule has 0 N–H and O–H groups in total. The molecule has 1 heterocycles. The predicted molar refractivity (Wildman–Crippen MR) is 59.6 cm³/mol. The summed E-state index contributed by atoms with van der Waals surface area (Å²) in [4.78, 5) is 7.29. The Hall–Kier alpha value is -0.780. The third-order valence-electron chi connectivity index (χ3n) is 2.01. The van der Waals surface area contributed by atoms with Crippen LogP contribution in [-0.2, 0) is 6.18 Å². The van der Waals surface area contributed by atoms with Crippen LogP contribution in [0.5, 0.6) is 0 Å². The Bertz CT molecular complexity index is 598. The molecule has 2 rings (SSSR count). The maximum atomic E-state index is 12.5. The van der Waals surface area contributed by atoms with Crippen molar-refractivity contribution in [1.29, 1.82) is 0 Å². The molecule has 0 fully saturated rings. The van der Waals surface area contributed by atoms with Gasteiger partial charge in [0, 0.05) is 5.39 Å². The fourth-order valence-corrected chi connectivity index (χ4v) is 1.99. The number of halogens is 6. The van der Waals surface area contributed by atoms with E-state index in [2.05, 4.69) is 9.97 Å². The van der Waals surface area contributed by atoms with Crippen molar-refractivity contribution in [3.8, 4) is 0 Å². The van der Waals surface area contributed by atoms with Gasteiger partial charge in [-0.1, -0.05) is 23.2 Å². The summed E-state index contributed by atoms with van der Waals surface area (Å²) in [7, 11) is 0. The quantitative estimate of drug-likeness (QED) is 0.524. The molecule has 0 bridgehead atoms. The maximum absolute atomic E-state index is 12.5. The van der Waals surface area contributed by atoms with Crippen LogP contribution in [0.3, 0.4) is 0 Å². The lowest BCUT2D eigenvalue weighted by Crippen LogP contribution is -2.05. The van der Waals surface area contributed by atoms with Crippen LogP contribution < -0.4 is 0 Å². The summed E-state index contributed by atoms with van der Waals surface area (Å²) in [6.07, 6.45) is -4.51. The second-order valence-corrected chi connectivity index (χ2v) is 4.24. The minimum absolute atomic E-state index is 0.0101. The molecule has 0 spiro atoms. The molecular formula is C9H2Cl3F3N2. The van der Waals surface area contributed by atoms with Gasteiger partial charge in [-0.2, -0.15) is 13.2 Å². The molecule has 90 valence electrons. The molecule has 0 atom stereocenters. The van der Waals surface area contributed by atoms with Crippen LogP contribution in [0.4, 0.5) is 13.2 Å². The Morgan fingerprint density at radius 2 is 1.65 bits per heavy atom. The minimum Gasteiger partial charge on any atom is -0.216 e. The molecule has 2 nitrogen and oxygen atoms in total. The van der Waals surface area contributed by atoms with Gasteiger partial charge in [-0.3, -0.25) is 0 Å². The van der Waals surface area contributed by atoms with Gasteiger partial charge >= 0.3 is 6.18 Å². The van der Waals surface area contributed by atoms with E-state index in [1.807, 2.05) is 0 Å². The zero-order chi connectivity index (χ0) is 12.8. The van der Waals surface area contributed by atoms with E-state index in [1.165, 1.54) is 0 Å². The van der Waals surface area contributed by atoms with Gasteiger partial charge in [-0.15, -0.1) is 0 Å². The topological polar surface area (TPSA) is 25.8 Å². The number of hydrogen-bond donors (Lipinski definition) is 0. The number of fused-ring (bicyclic) bond motifs is 1. The third kappa shape index (κ3) is 2.41. The monoisotopic (exact) mass is 300 g/mol. The zero-order valence-corrected chi connectivity index (χ0v) is 10.1. The van der Waals surface area contributed by atoms with Gasteiger partial charge in [-0.05, 0) is 23.7 Å². The summed E-state index contributed by atoms with van der Waals surface area (Å²) in [5, 5.41) is -0.519. The van der Waals surface area contributed by atoms with Crippen molar-refractivity contribution >= 4 is 45.7 Å². The summed E-state index contributed by atoms with van der Waals surface area (Å²) in [5.41, 5.74) is -0.826. The number of nitrogens with zero attached hydrogens (tertiary/aromatic N) is 2. The van der Waals surface area contributed by atoms with Crippen LogP contribution in [0, 0.1) is 0 Å². The highest BCUT2D eigenvalue weighted by Gasteiger charge is 2.31. The molecule has 17 heavy (non-hydrogen) atoms. The molecule has 0 aliphatic carbocycles. The van der Waals surface area contributed by atoms with Gasteiger partial charge in [0.15, 0.2) is 0 Å². The van der Waals surface area contributed by atoms with Gasteiger partial charge in [0.25, 0.3) is 0 Å². The highest BCUT2D eigenvalue weighted by molar-refractivity contribution is 6.39. The first-order chi connectivity index (χ1) is 7.79. The molecule has 2 aromatic rings. The highest BCUT2D eigenvalue weighted by atomic mass is 35.5. The normalized spacial score (nSPS) is 12.1. The van der Waals surface area contributed by atoms with E-state index < -0.39 is 11.7 Å². The van der Waals surface area contributed by atoms with E-state index in [-0.39, 0.29) is 26.4 Å². The third-order valence-corrected chi connectivity index (χ3v) is 2.75. The number of benzene rings is 1. The Balaban J connectivity index is 2.83. The van der Waals surface area contributed by atoms with Crippen LogP contribution in [0.2, 0.25) is 15.5 Å². The van der Waals surface area contributed by atoms with E-state index in [9.17, 15) is 13.2 Å². The van der Waals surface area contributed by atoms with E-state index >= 15 is 0 Å². The molecule has 0 saturated carbocycles. The predicted octanol–water partition coefficient (Wildman–Crippen LogP) is 4.61. The second kappa shape index (κ2) is 4.15. The lowest BCUT2D eigenvalue weighted by Gasteiger charge is -2.09. The van der Waals surface area contributed by atoms with Crippen LogP contribution in [0.25, 0.3) is 10.9 Å². The van der Waals surface area contributed by atoms with E-state index in [1.54, 1.807) is 0 Å². The van der Waals surface area contributed by atoms with Gasteiger partial charge in [0.05, 0.1) is 16.1 Å². The Kier molecular flexibility index (Phi) is 3.10. The summed E-state index contributed by atoms with van der Waals surface area (Å²) < 4.78 is 37.6. The molecule has 0 saturated heterocycles. The van der Waals surface area contributed by atoms with Crippen LogP contribution >= 0.6 is 34.8 Å². The summed E-state index contributed by atoms with van der Waals surface area (Å²) in [6.45, 7) is 0. The average molecular weight is 301 g/mol. The smallest absolute Gasteiger partial charge is 0.216 e. The van der Waals surface area contributed by atoms with E-state index in [0.717, 1.165) is 12.1 Å². The van der Waals surface area contributed by atoms with Crippen LogP contribution in [0.15, 0.2) is 12.1 Å². The van der Waals surface area contributed by atoms with Gasteiger partial charge in [-0.25, -0.2) is 9.97 Å². The molecule has 0 radical (unpaired) electrons. The molecule has 0 aliphatic rings. The maximum Gasteiger partial charge on any atom is 0.416 e. The first-order valence-corrected chi connectivity index (χ1v) is 5.32. The van der Waals surface area contributed by atoms with E-state index in [4.69, 9.17) is 34.8 Å². The molecule has 0 unspecified atom stereocenters. The Morgan fingerprint density at radius 3 is 2.24 bits per heavy atom. The first-order valence-electron chi connectivity index (χ1n) is 4.18. The van der Waals surface area contributed by atoms with Crippen molar-refractivity contribution in [1.82, 2.24) is 9.97 Å². The zero-order valence-electron chi connectivity index (χ0n) is 7.82. The van der Waals surface area contributed by atoms with Gasteiger partial charge in [0.2, 0.25) is 5.28 Å². The number of alkyl halides is 3. The lowest BCUT2D eigenvalue weighted by molar-refractivity contribution is -0.137. The largest absolute Gasteiger partial charge is 0.416 e. The lowest BCUT2D eigenvalue weighted by atomic mass is 10.1. The Morgan fingerprint density at radius 1 is 1.00 bits per heavy atom. The van der Waals surface area contributed by atoms with Crippen LogP contribution in [0.1, 0.15) is 5.56 Å². The minimum atomic E-state index is -4.51. The molecule has 1 aromatic heterocycles. The fraction of sp³-hybridized carbons (Fsp3) is 0.111. The summed E-state index contributed by atoms with van der Waals surface area (Å²) >= 11 is 16.9. The molecule has 0 aliphatic heterocycles. The average Bonchev–Trinajstić information content (AvgIpc) is 2.17. The molecular weight excluding hydrogens is 299 g/mol. The molecule has 8 heteroatoms. The molecule has 0 amide bonds. The van der Waals surface area contributed by atoms with Gasteiger partial charge in [0.1, 0.15) is 5.15 Å². The van der Waals surface area contributed by atoms with Crippen molar-refractivity contribution in [3.05, 3.63) is 33.2 Å². The Labute approximate surface area is 108 Å². The summed E-state index contributed by atoms with van der Waals surface area (Å²) in [5.74, 6) is 0. The second-order valence-electron chi connectivity index (χ2n) is 3.14.